The Kier molecular flexibility index (Phi) is 4.27. The van der Waals surface area contributed by atoms with Gasteiger partial charge in [0.2, 0.25) is 0 Å². The molecule has 0 fully saturated rings. The number of nitrogens with two attached hydrogens (primary N) is 1. The number of anilines is 1. The molecule has 0 spiro atoms. The summed E-state index contributed by atoms with van der Waals surface area (Å²) in [5, 5.41) is 0.998. The lowest BCUT2D eigenvalue weighted by Gasteiger charge is -2.10. The quantitative estimate of drug-likeness (QED) is 0.603. The maximum absolute atomic E-state index is 13.2. The van der Waals surface area contributed by atoms with Gasteiger partial charge in [-0.05, 0) is 59.4 Å². The normalized spacial score (nSPS) is 11.0. The molecule has 0 amide bonds. The molecule has 0 bridgehead atoms. The van der Waals surface area contributed by atoms with Gasteiger partial charge in [0, 0.05) is 17.8 Å². The molecule has 0 atom stereocenters. The number of halogens is 1. The van der Waals surface area contributed by atoms with E-state index in [0.29, 0.717) is 5.82 Å². The van der Waals surface area contributed by atoms with Crippen LogP contribution in [0, 0.1) is 5.82 Å². The van der Waals surface area contributed by atoms with Crippen molar-refractivity contribution in [2.45, 2.75) is 12.8 Å². The average molecular weight is 344 g/mol. The Balaban J connectivity index is 1.69. The van der Waals surface area contributed by atoms with Crippen molar-refractivity contribution in [2.75, 3.05) is 5.73 Å². The number of fused-ring (bicyclic) bond motifs is 1. The van der Waals surface area contributed by atoms with E-state index in [1.54, 1.807) is 12.1 Å². The van der Waals surface area contributed by atoms with Crippen molar-refractivity contribution in [3.63, 3.8) is 0 Å². The highest BCUT2D eigenvalue weighted by Crippen LogP contribution is 2.30. The Morgan fingerprint density at radius 1 is 0.846 bits per heavy atom. The summed E-state index contributed by atoms with van der Waals surface area (Å²) in [7, 11) is 0. The summed E-state index contributed by atoms with van der Waals surface area (Å²) in [5.74, 6) is 0.192. The van der Waals surface area contributed by atoms with Crippen LogP contribution in [0.3, 0.4) is 0 Å². The molecule has 2 N–H and O–H groups in total. The summed E-state index contributed by atoms with van der Waals surface area (Å²) >= 11 is 0. The van der Waals surface area contributed by atoms with E-state index in [2.05, 4.69) is 33.2 Å². The van der Waals surface area contributed by atoms with Gasteiger partial charge < -0.3 is 5.73 Å². The highest BCUT2D eigenvalue weighted by molar-refractivity contribution is 5.96. The van der Waals surface area contributed by atoms with E-state index in [1.807, 2.05) is 18.5 Å². The maximum Gasteiger partial charge on any atom is 0.124 e. The Morgan fingerprint density at radius 2 is 1.58 bits per heavy atom. The summed E-state index contributed by atoms with van der Waals surface area (Å²) in [6.45, 7) is 0. The van der Waals surface area contributed by atoms with Crippen molar-refractivity contribution in [1.82, 2.24) is 15.0 Å². The molecule has 2 aromatic heterocycles. The van der Waals surface area contributed by atoms with E-state index in [-0.39, 0.29) is 5.82 Å². The Morgan fingerprint density at radius 3 is 2.35 bits per heavy atom. The topological polar surface area (TPSA) is 64.7 Å². The van der Waals surface area contributed by atoms with Crippen LogP contribution < -0.4 is 5.73 Å². The Labute approximate surface area is 150 Å². The van der Waals surface area contributed by atoms with E-state index in [0.717, 1.165) is 40.4 Å². The fourth-order valence-electron chi connectivity index (χ4n) is 3.07. The van der Waals surface area contributed by atoms with Gasteiger partial charge in [0.25, 0.3) is 0 Å². The van der Waals surface area contributed by atoms with Crippen molar-refractivity contribution < 1.29 is 4.39 Å². The predicted octanol–water partition coefficient (Wildman–Crippen LogP) is 4.20. The van der Waals surface area contributed by atoms with Crippen LogP contribution in [-0.4, -0.2) is 15.0 Å². The second kappa shape index (κ2) is 6.88. The zero-order valence-corrected chi connectivity index (χ0v) is 14.1. The molecule has 0 aliphatic heterocycles. The van der Waals surface area contributed by atoms with Crippen LogP contribution in [0.2, 0.25) is 0 Å². The minimum atomic E-state index is -0.257. The third-order valence-electron chi connectivity index (χ3n) is 4.37. The van der Waals surface area contributed by atoms with Crippen molar-refractivity contribution in [1.29, 1.82) is 0 Å². The summed E-state index contributed by atoms with van der Waals surface area (Å²) < 4.78 is 13.2. The molecule has 0 aliphatic carbocycles. The molecule has 4 nitrogen and oxygen atoms in total. The molecule has 5 heteroatoms. The molecule has 0 saturated carbocycles. The fraction of sp³-hybridized carbons (Fsp3) is 0.0952. The lowest BCUT2D eigenvalue weighted by atomic mass is 9.98. The first kappa shape index (κ1) is 16.1. The van der Waals surface area contributed by atoms with Gasteiger partial charge in [-0.3, -0.25) is 0 Å². The van der Waals surface area contributed by atoms with Crippen LogP contribution in [0.25, 0.3) is 22.0 Å². The van der Waals surface area contributed by atoms with Gasteiger partial charge in [-0.15, -0.1) is 0 Å². The third kappa shape index (κ3) is 3.37. The number of nitrogens with zero attached hydrogens (tertiary/aromatic N) is 3. The van der Waals surface area contributed by atoms with Gasteiger partial charge in [0.05, 0.1) is 5.52 Å². The number of aryl methyl sites for hydroxylation is 2. The van der Waals surface area contributed by atoms with Crippen molar-refractivity contribution in [2.24, 2.45) is 0 Å². The first-order valence-corrected chi connectivity index (χ1v) is 8.38. The van der Waals surface area contributed by atoms with Gasteiger partial charge in [0.15, 0.2) is 0 Å². The number of benzene rings is 2. The zero-order valence-electron chi connectivity index (χ0n) is 14.1. The van der Waals surface area contributed by atoms with Gasteiger partial charge in [0.1, 0.15) is 18.0 Å². The SMILES string of the molecule is Nc1cc(-c2ccc(F)cc2)c2ccc(CCc3cncnc3)cc2n1. The highest BCUT2D eigenvalue weighted by Gasteiger charge is 2.08. The maximum atomic E-state index is 13.2. The smallest absolute Gasteiger partial charge is 0.124 e. The second-order valence-electron chi connectivity index (χ2n) is 6.20. The van der Waals surface area contributed by atoms with Crippen molar-refractivity contribution in [3.05, 3.63) is 84.2 Å². The standard InChI is InChI=1S/C21H17FN4/c22-17-6-4-16(5-7-17)19-10-21(23)26-20-9-14(3-8-18(19)20)1-2-15-11-24-13-25-12-15/h3-13H,1-2H2,(H2,23,26). The number of hydrogen-bond acceptors (Lipinski definition) is 4. The van der Waals surface area contributed by atoms with Crippen LogP contribution in [0.15, 0.2) is 67.3 Å². The molecular weight excluding hydrogens is 327 g/mol. The summed E-state index contributed by atoms with van der Waals surface area (Å²) in [6, 6.07) is 14.5. The number of nitrogen functional groups attached to an aromatic ring is 1. The predicted molar refractivity (Wildman–Crippen MR) is 101 cm³/mol. The summed E-state index contributed by atoms with van der Waals surface area (Å²) in [5.41, 5.74) is 11.0. The summed E-state index contributed by atoms with van der Waals surface area (Å²) in [4.78, 5) is 12.6. The van der Waals surface area contributed by atoms with Gasteiger partial charge in [-0.25, -0.2) is 19.3 Å². The zero-order chi connectivity index (χ0) is 17.9. The first-order chi connectivity index (χ1) is 12.7. The highest BCUT2D eigenvalue weighted by atomic mass is 19.1. The number of rotatable bonds is 4. The molecular formula is C21H17FN4. The van der Waals surface area contributed by atoms with Crippen LogP contribution in [0.5, 0.6) is 0 Å². The van der Waals surface area contributed by atoms with Gasteiger partial charge >= 0.3 is 0 Å². The molecule has 0 saturated heterocycles. The minimum absolute atomic E-state index is 0.257. The monoisotopic (exact) mass is 344 g/mol. The van der Waals surface area contributed by atoms with E-state index < -0.39 is 0 Å². The van der Waals surface area contributed by atoms with Crippen LogP contribution in [0.1, 0.15) is 11.1 Å². The van der Waals surface area contributed by atoms with E-state index in [1.165, 1.54) is 24.0 Å². The molecule has 4 rings (SSSR count). The number of aromatic nitrogens is 3. The van der Waals surface area contributed by atoms with Gasteiger partial charge in [-0.2, -0.15) is 0 Å². The van der Waals surface area contributed by atoms with Crippen LogP contribution in [-0.2, 0) is 12.8 Å². The molecule has 4 aromatic rings. The Hall–Kier alpha value is -3.34. The van der Waals surface area contributed by atoms with Crippen molar-refractivity contribution in [3.8, 4) is 11.1 Å². The lowest BCUT2D eigenvalue weighted by Crippen LogP contribution is -1.96. The number of hydrogen-bond donors (Lipinski definition) is 1. The lowest BCUT2D eigenvalue weighted by molar-refractivity contribution is 0.628. The minimum Gasteiger partial charge on any atom is -0.384 e. The number of pyridine rings is 1. The first-order valence-electron chi connectivity index (χ1n) is 8.38. The van der Waals surface area contributed by atoms with Gasteiger partial charge in [-0.1, -0.05) is 24.3 Å². The van der Waals surface area contributed by atoms with Crippen LogP contribution in [0.4, 0.5) is 10.2 Å². The molecule has 0 aliphatic rings. The fourth-order valence-corrected chi connectivity index (χ4v) is 3.07. The molecule has 0 unspecified atom stereocenters. The van der Waals surface area contributed by atoms with E-state index in [9.17, 15) is 4.39 Å². The second-order valence-corrected chi connectivity index (χ2v) is 6.20. The Bertz CT molecular complexity index is 1050. The van der Waals surface area contributed by atoms with E-state index in [4.69, 9.17) is 5.73 Å². The summed E-state index contributed by atoms with van der Waals surface area (Å²) in [6.07, 6.45) is 6.92. The molecule has 2 aromatic carbocycles. The largest absolute Gasteiger partial charge is 0.384 e. The van der Waals surface area contributed by atoms with Crippen molar-refractivity contribution >= 4 is 16.7 Å². The molecule has 128 valence electrons. The molecule has 0 radical (unpaired) electrons. The molecule has 2 heterocycles. The van der Waals surface area contributed by atoms with E-state index >= 15 is 0 Å². The molecule has 26 heavy (non-hydrogen) atoms. The third-order valence-corrected chi connectivity index (χ3v) is 4.37. The van der Waals surface area contributed by atoms with Crippen LogP contribution >= 0.6 is 0 Å². The average Bonchev–Trinajstić information content (AvgIpc) is 2.67.